The highest BCUT2D eigenvalue weighted by Gasteiger charge is 2.09. The maximum Gasteiger partial charge on any atom is 0.123 e. The lowest BCUT2D eigenvalue weighted by atomic mass is 10.1. The molecule has 0 radical (unpaired) electrons. The van der Waals surface area contributed by atoms with E-state index < -0.39 is 0 Å². The zero-order valence-electron chi connectivity index (χ0n) is 10.1. The maximum atomic E-state index is 12.7. The van der Waals surface area contributed by atoms with Gasteiger partial charge in [-0.2, -0.15) is 0 Å². The smallest absolute Gasteiger partial charge is 0.123 e. The second kappa shape index (κ2) is 6.61. The molecule has 0 saturated heterocycles. The van der Waals surface area contributed by atoms with Crippen LogP contribution in [0.25, 0.3) is 0 Å². The zero-order chi connectivity index (χ0) is 12.0. The summed E-state index contributed by atoms with van der Waals surface area (Å²) in [6, 6.07) is 7.19. The summed E-state index contributed by atoms with van der Waals surface area (Å²) in [4.78, 5) is 2.29. The van der Waals surface area contributed by atoms with Crippen molar-refractivity contribution in [3.8, 4) is 0 Å². The van der Waals surface area contributed by atoms with Crippen LogP contribution in [0.4, 0.5) is 4.39 Å². The van der Waals surface area contributed by atoms with Crippen LogP contribution in [0.2, 0.25) is 0 Å². The van der Waals surface area contributed by atoms with Gasteiger partial charge in [0.2, 0.25) is 0 Å². The molecule has 3 heteroatoms. The van der Waals surface area contributed by atoms with Crippen LogP contribution in [-0.4, -0.2) is 31.1 Å². The average Bonchev–Trinajstić information content (AvgIpc) is 2.29. The summed E-state index contributed by atoms with van der Waals surface area (Å²) in [5, 5.41) is 0. The summed E-state index contributed by atoms with van der Waals surface area (Å²) < 4.78 is 12.7. The maximum absolute atomic E-state index is 12.7. The van der Waals surface area contributed by atoms with Gasteiger partial charge in [-0.05, 0) is 57.6 Å². The second-order valence-corrected chi connectivity index (χ2v) is 4.30. The molecule has 0 spiro atoms. The molecule has 90 valence electrons. The largest absolute Gasteiger partial charge is 0.330 e. The molecule has 1 atom stereocenters. The van der Waals surface area contributed by atoms with Crippen molar-refractivity contribution in [3.05, 3.63) is 35.6 Å². The van der Waals surface area contributed by atoms with Gasteiger partial charge < -0.3 is 10.6 Å². The molecule has 2 nitrogen and oxygen atoms in total. The van der Waals surface area contributed by atoms with Gasteiger partial charge in [0, 0.05) is 6.04 Å². The Morgan fingerprint density at radius 2 is 1.94 bits per heavy atom. The van der Waals surface area contributed by atoms with E-state index in [0.717, 1.165) is 25.9 Å². The first-order valence-corrected chi connectivity index (χ1v) is 5.78. The van der Waals surface area contributed by atoms with Crippen molar-refractivity contribution in [3.63, 3.8) is 0 Å². The minimum absolute atomic E-state index is 0.173. The van der Waals surface area contributed by atoms with E-state index in [1.165, 1.54) is 17.7 Å². The van der Waals surface area contributed by atoms with Gasteiger partial charge in [0.05, 0.1) is 0 Å². The van der Waals surface area contributed by atoms with Crippen LogP contribution < -0.4 is 5.73 Å². The first-order valence-electron chi connectivity index (χ1n) is 5.78. The Hall–Kier alpha value is -0.930. The van der Waals surface area contributed by atoms with Crippen molar-refractivity contribution in [2.24, 2.45) is 5.73 Å². The second-order valence-electron chi connectivity index (χ2n) is 4.30. The number of rotatable bonds is 6. The van der Waals surface area contributed by atoms with E-state index in [1.54, 1.807) is 0 Å². The van der Waals surface area contributed by atoms with Gasteiger partial charge in [-0.25, -0.2) is 4.39 Å². The Labute approximate surface area is 97.3 Å². The first-order chi connectivity index (χ1) is 7.63. The minimum atomic E-state index is -0.173. The Kier molecular flexibility index (Phi) is 5.43. The van der Waals surface area contributed by atoms with E-state index >= 15 is 0 Å². The number of likely N-dealkylation sites (N-methyl/N-ethyl adjacent to an activating group) is 1. The van der Waals surface area contributed by atoms with Crippen molar-refractivity contribution in [2.45, 2.75) is 25.8 Å². The molecule has 1 rings (SSSR count). The van der Waals surface area contributed by atoms with Gasteiger partial charge in [-0.15, -0.1) is 0 Å². The van der Waals surface area contributed by atoms with Crippen LogP contribution in [-0.2, 0) is 6.42 Å². The SMILES string of the molecule is CC(Cc1ccc(F)cc1)N(C)CCCN. The summed E-state index contributed by atoms with van der Waals surface area (Å²) in [5.74, 6) is -0.173. The normalized spacial score (nSPS) is 13.1. The molecule has 0 aliphatic rings. The van der Waals surface area contributed by atoms with E-state index in [2.05, 4.69) is 18.9 Å². The number of nitrogens with two attached hydrogens (primary N) is 1. The quantitative estimate of drug-likeness (QED) is 0.801. The number of hydrogen-bond acceptors (Lipinski definition) is 2. The molecule has 0 bridgehead atoms. The fraction of sp³-hybridized carbons (Fsp3) is 0.538. The van der Waals surface area contributed by atoms with Crippen LogP contribution >= 0.6 is 0 Å². The first kappa shape index (κ1) is 13.1. The number of halogens is 1. The third-order valence-electron chi connectivity index (χ3n) is 2.91. The lowest BCUT2D eigenvalue weighted by Gasteiger charge is -2.24. The van der Waals surface area contributed by atoms with E-state index in [0.29, 0.717) is 6.04 Å². The molecule has 0 aromatic heterocycles. The predicted molar refractivity (Wildman–Crippen MR) is 65.9 cm³/mol. The molecule has 0 heterocycles. The molecule has 0 amide bonds. The highest BCUT2D eigenvalue weighted by atomic mass is 19.1. The van der Waals surface area contributed by atoms with Gasteiger partial charge >= 0.3 is 0 Å². The van der Waals surface area contributed by atoms with Crippen molar-refractivity contribution in [2.75, 3.05) is 20.1 Å². The zero-order valence-corrected chi connectivity index (χ0v) is 10.1. The Bertz CT molecular complexity index is 297. The van der Waals surface area contributed by atoms with Crippen molar-refractivity contribution in [1.29, 1.82) is 0 Å². The van der Waals surface area contributed by atoms with Crippen molar-refractivity contribution < 1.29 is 4.39 Å². The summed E-state index contributed by atoms with van der Waals surface area (Å²) in [5.41, 5.74) is 6.65. The summed E-state index contributed by atoms with van der Waals surface area (Å²) in [7, 11) is 2.10. The van der Waals surface area contributed by atoms with E-state index in [1.807, 2.05) is 12.1 Å². The summed E-state index contributed by atoms with van der Waals surface area (Å²) >= 11 is 0. The summed E-state index contributed by atoms with van der Waals surface area (Å²) in [6.45, 7) is 3.92. The molecule has 0 aliphatic heterocycles. The van der Waals surface area contributed by atoms with E-state index in [4.69, 9.17) is 5.73 Å². The molecule has 1 aromatic carbocycles. The predicted octanol–water partition coefficient (Wildman–Crippen LogP) is 2.04. The number of benzene rings is 1. The van der Waals surface area contributed by atoms with Gasteiger partial charge in [-0.1, -0.05) is 12.1 Å². The minimum Gasteiger partial charge on any atom is -0.330 e. The van der Waals surface area contributed by atoms with Crippen molar-refractivity contribution in [1.82, 2.24) is 4.90 Å². The Balaban J connectivity index is 2.43. The average molecular weight is 224 g/mol. The topological polar surface area (TPSA) is 29.3 Å². The molecule has 0 saturated carbocycles. The lowest BCUT2D eigenvalue weighted by molar-refractivity contribution is 0.255. The van der Waals surface area contributed by atoms with E-state index in [9.17, 15) is 4.39 Å². The molecule has 16 heavy (non-hydrogen) atoms. The van der Waals surface area contributed by atoms with Crippen molar-refractivity contribution >= 4 is 0 Å². The highest BCUT2D eigenvalue weighted by Crippen LogP contribution is 2.09. The van der Waals surface area contributed by atoms with Crippen LogP contribution in [0.3, 0.4) is 0 Å². The lowest BCUT2D eigenvalue weighted by Crippen LogP contribution is -2.32. The molecule has 0 fully saturated rings. The monoisotopic (exact) mass is 224 g/mol. The van der Waals surface area contributed by atoms with Gasteiger partial charge in [-0.3, -0.25) is 0 Å². The molecular weight excluding hydrogens is 203 g/mol. The Morgan fingerprint density at radius 1 is 1.31 bits per heavy atom. The molecule has 2 N–H and O–H groups in total. The third-order valence-corrected chi connectivity index (χ3v) is 2.91. The van der Waals surface area contributed by atoms with Crippen LogP contribution in [0.15, 0.2) is 24.3 Å². The third kappa shape index (κ3) is 4.29. The molecule has 0 aliphatic carbocycles. The molecule has 1 unspecified atom stereocenters. The van der Waals surface area contributed by atoms with Gasteiger partial charge in [0.25, 0.3) is 0 Å². The fourth-order valence-corrected chi connectivity index (χ4v) is 1.68. The molecule has 1 aromatic rings. The number of nitrogens with zero attached hydrogens (tertiary/aromatic N) is 1. The van der Waals surface area contributed by atoms with Gasteiger partial charge in [0.1, 0.15) is 5.82 Å². The highest BCUT2D eigenvalue weighted by molar-refractivity contribution is 5.16. The standard InChI is InChI=1S/C13H21FN2/c1-11(16(2)9-3-8-15)10-12-4-6-13(14)7-5-12/h4-7,11H,3,8-10,15H2,1-2H3. The van der Waals surface area contributed by atoms with E-state index in [-0.39, 0.29) is 5.82 Å². The Morgan fingerprint density at radius 3 is 2.50 bits per heavy atom. The van der Waals surface area contributed by atoms with Gasteiger partial charge in [0.15, 0.2) is 0 Å². The fourth-order valence-electron chi connectivity index (χ4n) is 1.68. The summed E-state index contributed by atoms with van der Waals surface area (Å²) in [6.07, 6.45) is 1.96. The number of hydrogen-bond donors (Lipinski definition) is 1. The van der Waals surface area contributed by atoms with Crippen LogP contribution in [0, 0.1) is 5.82 Å². The van der Waals surface area contributed by atoms with Crippen LogP contribution in [0.5, 0.6) is 0 Å². The van der Waals surface area contributed by atoms with Crippen LogP contribution in [0.1, 0.15) is 18.9 Å². The molecular formula is C13H21FN2.